The summed E-state index contributed by atoms with van der Waals surface area (Å²) >= 11 is 0. The summed E-state index contributed by atoms with van der Waals surface area (Å²) in [5, 5.41) is 19.9. The van der Waals surface area contributed by atoms with Crippen molar-refractivity contribution in [1.29, 1.82) is 0 Å². The predicted molar refractivity (Wildman–Crippen MR) is 117 cm³/mol. The van der Waals surface area contributed by atoms with Crippen LogP contribution in [0.1, 0.15) is 60.4 Å². The molecule has 0 aliphatic rings. The van der Waals surface area contributed by atoms with Crippen molar-refractivity contribution in [3.63, 3.8) is 0 Å². The molecule has 0 spiro atoms. The van der Waals surface area contributed by atoms with E-state index in [1.54, 1.807) is 25.3 Å². The van der Waals surface area contributed by atoms with Gasteiger partial charge in [-0.15, -0.1) is 0 Å². The van der Waals surface area contributed by atoms with Gasteiger partial charge >= 0.3 is 7.12 Å². The highest BCUT2D eigenvalue weighted by atomic mass is 16.5. The predicted octanol–water partition coefficient (Wildman–Crippen LogP) is 1.91. The zero-order valence-electron chi connectivity index (χ0n) is 18.1. The largest absolute Gasteiger partial charge is 0.496 e. The van der Waals surface area contributed by atoms with Gasteiger partial charge in [-0.3, -0.25) is 15.0 Å². The average molecular weight is 412 g/mol. The molecule has 30 heavy (non-hydrogen) atoms. The SMILES string of the molecule is CCc1c(OC)cccc1C(=O)NN(C(=O)c1ccc(B(O)O)cc1)C(C)(C)CC. The molecule has 2 amide bonds. The van der Waals surface area contributed by atoms with Crippen molar-refractivity contribution in [2.45, 2.75) is 46.1 Å². The topological polar surface area (TPSA) is 99.1 Å². The Balaban J connectivity index is 2.39. The summed E-state index contributed by atoms with van der Waals surface area (Å²) in [6.07, 6.45) is 1.20. The van der Waals surface area contributed by atoms with Gasteiger partial charge < -0.3 is 14.8 Å². The molecule has 0 radical (unpaired) electrons. The quantitative estimate of drug-likeness (QED) is 0.477. The van der Waals surface area contributed by atoms with Gasteiger partial charge in [-0.1, -0.05) is 32.0 Å². The first-order valence-electron chi connectivity index (χ1n) is 9.93. The molecule has 0 saturated carbocycles. The Bertz CT molecular complexity index is 897. The molecule has 0 aliphatic carbocycles. The van der Waals surface area contributed by atoms with Crippen LogP contribution < -0.4 is 15.6 Å². The van der Waals surface area contributed by atoms with Gasteiger partial charge in [0, 0.05) is 16.7 Å². The fraction of sp³-hybridized carbons (Fsp3) is 0.364. The van der Waals surface area contributed by atoms with E-state index in [4.69, 9.17) is 4.74 Å². The molecule has 0 unspecified atom stereocenters. The van der Waals surface area contributed by atoms with Gasteiger partial charge in [0.1, 0.15) is 5.75 Å². The molecule has 2 rings (SSSR count). The Morgan fingerprint density at radius 3 is 2.23 bits per heavy atom. The molecule has 0 saturated heterocycles. The van der Waals surface area contributed by atoms with Gasteiger partial charge in [0.05, 0.1) is 12.6 Å². The minimum Gasteiger partial charge on any atom is -0.496 e. The summed E-state index contributed by atoms with van der Waals surface area (Å²) in [4.78, 5) is 26.4. The Morgan fingerprint density at radius 2 is 1.73 bits per heavy atom. The van der Waals surface area contributed by atoms with Gasteiger partial charge in [-0.05, 0) is 56.4 Å². The number of nitrogens with one attached hydrogen (secondary N) is 1. The van der Waals surface area contributed by atoms with Crippen LogP contribution in [0.4, 0.5) is 0 Å². The second kappa shape index (κ2) is 9.78. The number of benzene rings is 2. The molecule has 0 heterocycles. The number of ether oxygens (including phenoxy) is 1. The minimum absolute atomic E-state index is 0.279. The zero-order chi connectivity index (χ0) is 22.5. The lowest BCUT2D eigenvalue weighted by Gasteiger charge is -2.38. The Morgan fingerprint density at radius 1 is 1.10 bits per heavy atom. The van der Waals surface area contributed by atoms with E-state index in [0.29, 0.717) is 29.7 Å². The van der Waals surface area contributed by atoms with Crippen molar-refractivity contribution < 1.29 is 24.4 Å². The minimum atomic E-state index is -1.61. The lowest BCUT2D eigenvalue weighted by atomic mass is 9.80. The molecule has 3 N–H and O–H groups in total. The molecule has 0 aliphatic heterocycles. The van der Waals surface area contributed by atoms with E-state index in [-0.39, 0.29) is 5.46 Å². The number of hydrogen-bond acceptors (Lipinski definition) is 5. The first-order valence-corrected chi connectivity index (χ1v) is 9.93. The summed E-state index contributed by atoms with van der Waals surface area (Å²) < 4.78 is 5.37. The third-order valence-corrected chi connectivity index (χ3v) is 5.29. The van der Waals surface area contributed by atoms with Crippen LogP contribution in [-0.4, -0.2) is 46.6 Å². The van der Waals surface area contributed by atoms with E-state index in [1.807, 2.05) is 27.7 Å². The lowest BCUT2D eigenvalue weighted by Crippen LogP contribution is -2.57. The van der Waals surface area contributed by atoms with Crippen molar-refractivity contribution in [1.82, 2.24) is 10.4 Å². The summed E-state index contributed by atoms with van der Waals surface area (Å²) in [6, 6.07) is 11.2. The lowest BCUT2D eigenvalue weighted by molar-refractivity contribution is 0.0307. The van der Waals surface area contributed by atoms with Gasteiger partial charge in [0.2, 0.25) is 0 Å². The van der Waals surface area contributed by atoms with E-state index in [2.05, 4.69) is 5.43 Å². The molecular weight excluding hydrogens is 383 g/mol. The average Bonchev–Trinajstić information content (AvgIpc) is 2.75. The number of carbonyl (C=O) groups excluding carboxylic acids is 2. The number of rotatable bonds is 7. The maximum atomic E-state index is 13.2. The van der Waals surface area contributed by atoms with Crippen LogP contribution in [0.25, 0.3) is 0 Å². The van der Waals surface area contributed by atoms with Gasteiger partial charge in [0.15, 0.2) is 0 Å². The van der Waals surface area contributed by atoms with Crippen molar-refractivity contribution in [3.8, 4) is 5.75 Å². The zero-order valence-corrected chi connectivity index (χ0v) is 18.1. The van der Waals surface area contributed by atoms with Crippen LogP contribution in [0.2, 0.25) is 0 Å². The van der Waals surface area contributed by atoms with Crippen LogP contribution in [0.15, 0.2) is 42.5 Å². The van der Waals surface area contributed by atoms with Crippen molar-refractivity contribution in [3.05, 3.63) is 59.2 Å². The maximum absolute atomic E-state index is 13.2. The Kier molecular flexibility index (Phi) is 7.64. The van der Waals surface area contributed by atoms with Crippen molar-refractivity contribution >= 4 is 24.4 Å². The van der Waals surface area contributed by atoms with Gasteiger partial charge in [-0.2, -0.15) is 0 Å². The third kappa shape index (κ3) is 5.01. The van der Waals surface area contributed by atoms with Crippen LogP contribution in [0.3, 0.4) is 0 Å². The van der Waals surface area contributed by atoms with E-state index in [9.17, 15) is 19.6 Å². The number of nitrogens with zero attached hydrogens (tertiary/aromatic N) is 1. The smallest absolute Gasteiger partial charge is 0.488 e. The molecule has 2 aromatic rings. The monoisotopic (exact) mass is 412 g/mol. The summed E-state index contributed by atoms with van der Waals surface area (Å²) in [5.41, 5.74) is 3.93. The summed E-state index contributed by atoms with van der Waals surface area (Å²) in [6.45, 7) is 7.60. The molecule has 160 valence electrons. The highest BCUT2D eigenvalue weighted by Crippen LogP contribution is 2.24. The van der Waals surface area contributed by atoms with E-state index in [1.165, 1.54) is 29.3 Å². The number of hydrogen-bond donors (Lipinski definition) is 3. The van der Waals surface area contributed by atoms with Gasteiger partial charge in [0.25, 0.3) is 11.8 Å². The van der Waals surface area contributed by atoms with Crippen molar-refractivity contribution in [2.75, 3.05) is 7.11 Å². The first kappa shape index (κ1) is 23.4. The second-order valence-corrected chi connectivity index (χ2v) is 7.58. The fourth-order valence-electron chi connectivity index (χ4n) is 3.06. The van der Waals surface area contributed by atoms with Crippen LogP contribution in [0.5, 0.6) is 5.75 Å². The summed E-state index contributed by atoms with van der Waals surface area (Å²) in [5.74, 6) is -0.172. The normalized spacial score (nSPS) is 11.0. The first-order chi connectivity index (χ1) is 14.2. The molecule has 8 heteroatoms. The number of hydrazine groups is 1. The van der Waals surface area contributed by atoms with Crippen LogP contribution >= 0.6 is 0 Å². The highest BCUT2D eigenvalue weighted by molar-refractivity contribution is 6.58. The maximum Gasteiger partial charge on any atom is 0.488 e. The second-order valence-electron chi connectivity index (χ2n) is 7.58. The van der Waals surface area contributed by atoms with Crippen molar-refractivity contribution in [2.24, 2.45) is 0 Å². The number of carbonyl (C=O) groups is 2. The van der Waals surface area contributed by atoms with E-state index in [0.717, 1.165) is 5.56 Å². The summed E-state index contributed by atoms with van der Waals surface area (Å²) in [7, 11) is -0.0586. The molecule has 2 aromatic carbocycles. The molecular formula is C22H29BN2O5. The third-order valence-electron chi connectivity index (χ3n) is 5.29. The van der Waals surface area contributed by atoms with Gasteiger partial charge in [-0.25, -0.2) is 5.01 Å². The fourth-order valence-corrected chi connectivity index (χ4v) is 3.06. The Labute approximate surface area is 177 Å². The molecule has 0 atom stereocenters. The number of amides is 2. The van der Waals surface area contributed by atoms with E-state index >= 15 is 0 Å². The standard InChI is InChI=1S/C22H29BN2O5/c1-6-17-18(9-8-10-19(17)30-5)20(26)24-25(22(3,4)7-2)21(27)15-11-13-16(14-12-15)23(28)29/h8-14,28-29H,6-7H2,1-5H3,(H,24,26). The van der Waals surface area contributed by atoms with Crippen LogP contribution in [-0.2, 0) is 6.42 Å². The molecule has 0 fully saturated rings. The molecule has 0 aromatic heterocycles. The number of methoxy groups -OCH3 is 1. The van der Waals surface area contributed by atoms with Crippen LogP contribution in [0, 0.1) is 0 Å². The van der Waals surface area contributed by atoms with E-state index < -0.39 is 24.5 Å². The molecule has 0 bridgehead atoms. The molecule has 7 nitrogen and oxygen atoms in total. The Hall–Kier alpha value is -2.84. The highest BCUT2D eigenvalue weighted by Gasteiger charge is 2.32.